The van der Waals surface area contributed by atoms with E-state index in [0.717, 1.165) is 24.1 Å². The Labute approximate surface area is 119 Å². The first-order chi connectivity index (χ1) is 9.16. The zero-order valence-corrected chi connectivity index (χ0v) is 12.1. The van der Waals surface area contributed by atoms with Gasteiger partial charge in [0, 0.05) is 16.8 Å². The third kappa shape index (κ3) is 4.13. The highest BCUT2D eigenvalue weighted by atomic mass is 35.5. The van der Waals surface area contributed by atoms with E-state index in [4.69, 9.17) is 11.6 Å². The molecule has 4 heteroatoms. The Morgan fingerprint density at radius 1 is 1.21 bits per heavy atom. The highest BCUT2D eigenvalue weighted by Gasteiger charge is 2.15. The van der Waals surface area contributed by atoms with E-state index in [2.05, 4.69) is 10.6 Å². The first kappa shape index (κ1) is 14.2. The maximum absolute atomic E-state index is 12.0. The van der Waals surface area contributed by atoms with Crippen LogP contribution in [-0.4, -0.2) is 12.1 Å². The van der Waals surface area contributed by atoms with E-state index >= 15 is 0 Å². The van der Waals surface area contributed by atoms with E-state index in [1.807, 2.05) is 25.1 Å². The number of hydrogen-bond donors (Lipinski definition) is 2. The van der Waals surface area contributed by atoms with Crippen molar-refractivity contribution < 1.29 is 4.79 Å². The van der Waals surface area contributed by atoms with E-state index in [0.29, 0.717) is 11.1 Å². The maximum atomic E-state index is 12.0. The van der Waals surface area contributed by atoms with Gasteiger partial charge in [-0.05, 0) is 37.5 Å². The van der Waals surface area contributed by atoms with Crippen molar-refractivity contribution in [2.75, 3.05) is 5.32 Å². The van der Waals surface area contributed by atoms with Gasteiger partial charge in [-0.2, -0.15) is 0 Å². The maximum Gasteiger partial charge on any atom is 0.319 e. The average molecular weight is 281 g/mol. The van der Waals surface area contributed by atoms with E-state index in [9.17, 15) is 4.79 Å². The largest absolute Gasteiger partial charge is 0.335 e. The van der Waals surface area contributed by atoms with Crippen LogP contribution in [0.1, 0.15) is 44.1 Å². The zero-order chi connectivity index (χ0) is 13.7. The van der Waals surface area contributed by atoms with Crippen molar-refractivity contribution in [2.24, 2.45) is 0 Å². The van der Waals surface area contributed by atoms with Gasteiger partial charge in [0.1, 0.15) is 0 Å². The molecule has 2 N–H and O–H groups in total. The fourth-order valence-corrected chi connectivity index (χ4v) is 2.68. The Hall–Kier alpha value is -1.22. The molecule has 1 saturated carbocycles. The van der Waals surface area contributed by atoms with Crippen LogP contribution in [-0.2, 0) is 0 Å². The molecule has 1 fully saturated rings. The van der Waals surface area contributed by atoms with Crippen LogP contribution < -0.4 is 10.6 Å². The Morgan fingerprint density at radius 3 is 2.58 bits per heavy atom. The summed E-state index contributed by atoms with van der Waals surface area (Å²) in [6.07, 6.45) is 7.16. The number of carbonyl (C=O) groups excluding carboxylic acids is 1. The Morgan fingerprint density at radius 2 is 1.89 bits per heavy atom. The average Bonchev–Trinajstić information content (AvgIpc) is 2.63. The van der Waals surface area contributed by atoms with Gasteiger partial charge in [-0.15, -0.1) is 0 Å². The van der Waals surface area contributed by atoms with Crippen LogP contribution in [0.4, 0.5) is 10.5 Å². The SMILES string of the molecule is Cc1c(Cl)cccc1NC(=O)NC1CCCCCC1. The number of rotatable bonds is 2. The smallest absolute Gasteiger partial charge is 0.319 e. The molecular weight excluding hydrogens is 260 g/mol. The van der Waals surface area contributed by atoms with Crippen LogP contribution in [0.25, 0.3) is 0 Å². The highest BCUT2D eigenvalue weighted by molar-refractivity contribution is 6.31. The van der Waals surface area contributed by atoms with E-state index < -0.39 is 0 Å². The van der Waals surface area contributed by atoms with Gasteiger partial charge >= 0.3 is 6.03 Å². The Balaban J connectivity index is 1.91. The summed E-state index contributed by atoms with van der Waals surface area (Å²) >= 11 is 6.04. The number of carbonyl (C=O) groups is 1. The number of benzene rings is 1. The van der Waals surface area contributed by atoms with Gasteiger partial charge < -0.3 is 10.6 Å². The number of amides is 2. The lowest BCUT2D eigenvalue weighted by Gasteiger charge is -2.17. The van der Waals surface area contributed by atoms with Crippen molar-refractivity contribution in [3.05, 3.63) is 28.8 Å². The molecule has 1 aromatic carbocycles. The number of anilines is 1. The highest BCUT2D eigenvalue weighted by Crippen LogP contribution is 2.23. The predicted octanol–water partition coefficient (Wildman–Crippen LogP) is 4.49. The zero-order valence-electron chi connectivity index (χ0n) is 11.3. The quantitative estimate of drug-likeness (QED) is 0.770. The number of nitrogens with one attached hydrogen (secondary N) is 2. The lowest BCUT2D eigenvalue weighted by molar-refractivity contribution is 0.247. The van der Waals surface area contributed by atoms with Gasteiger partial charge in [-0.1, -0.05) is 43.4 Å². The molecule has 1 aromatic rings. The fourth-order valence-electron chi connectivity index (χ4n) is 2.51. The molecule has 0 bridgehead atoms. The third-order valence-corrected chi connectivity index (χ3v) is 4.12. The van der Waals surface area contributed by atoms with Crippen molar-refractivity contribution in [1.82, 2.24) is 5.32 Å². The third-order valence-electron chi connectivity index (χ3n) is 3.71. The molecule has 0 unspecified atom stereocenters. The van der Waals surface area contributed by atoms with Crippen LogP contribution in [0.2, 0.25) is 5.02 Å². The van der Waals surface area contributed by atoms with Gasteiger partial charge in [0.05, 0.1) is 0 Å². The molecule has 1 aliphatic rings. The molecule has 0 spiro atoms. The van der Waals surface area contributed by atoms with E-state index in [1.54, 1.807) is 0 Å². The standard InChI is InChI=1S/C15H21ClN2O/c1-11-13(16)9-6-10-14(11)18-15(19)17-12-7-4-2-3-5-8-12/h6,9-10,12H,2-5,7-8H2,1H3,(H2,17,18,19). The Kier molecular flexibility index (Phi) is 5.08. The van der Waals surface area contributed by atoms with E-state index in [1.165, 1.54) is 25.7 Å². The predicted molar refractivity (Wildman–Crippen MR) is 79.8 cm³/mol. The van der Waals surface area contributed by atoms with Crippen molar-refractivity contribution in [3.63, 3.8) is 0 Å². The van der Waals surface area contributed by atoms with Gasteiger partial charge in [0.25, 0.3) is 0 Å². The lowest BCUT2D eigenvalue weighted by Crippen LogP contribution is -2.37. The van der Waals surface area contributed by atoms with Crippen LogP contribution in [0.5, 0.6) is 0 Å². The molecule has 0 radical (unpaired) electrons. The molecule has 0 atom stereocenters. The Bertz CT molecular complexity index is 440. The van der Waals surface area contributed by atoms with Crippen LogP contribution in [0.3, 0.4) is 0 Å². The second kappa shape index (κ2) is 6.80. The molecule has 104 valence electrons. The van der Waals surface area contributed by atoms with Gasteiger partial charge in [0.15, 0.2) is 0 Å². The summed E-state index contributed by atoms with van der Waals surface area (Å²) in [5, 5.41) is 6.62. The molecular formula is C15H21ClN2O. The molecule has 3 nitrogen and oxygen atoms in total. The van der Waals surface area contributed by atoms with Crippen LogP contribution >= 0.6 is 11.6 Å². The normalized spacial score (nSPS) is 16.7. The molecule has 2 amide bonds. The summed E-state index contributed by atoms with van der Waals surface area (Å²) in [5.74, 6) is 0. The molecule has 0 saturated heterocycles. The molecule has 0 heterocycles. The summed E-state index contributed by atoms with van der Waals surface area (Å²) in [5.41, 5.74) is 1.68. The number of urea groups is 1. The van der Waals surface area contributed by atoms with Gasteiger partial charge in [0.2, 0.25) is 0 Å². The van der Waals surface area contributed by atoms with Crippen molar-refractivity contribution in [3.8, 4) is 0 Å². The van der Waals surface area contributed by atoms with Crippen LogP contribution in [0, 0.1) is 6.92 Å². The van der Waals surface area contributed by atoms with E-state index in [-0.39, 0.29) is 6.03 Å². The lowest BCUT2D eigenvalue weighted by atomic mass is 10.1. The van der Waals surface area contributed by atoms with Gasteiger partial charge in [-0.25, -0.2) is 4.79 Å². The summed E-state index contributed by atoms with van der Waals surface area (Å²) < 4.78 is 0. The summed E-state index contributed by atoms with van der Waals surface area (Å²) in [6, 6.07) is 5.72. The summed E-state index contributed by atoms with van der Waals surface area (Å²) in [6.45, 7) is 1.91. The first-order valence-electron chi connectivity index (χ1n) is 6.99. The molecule has 0 aliphatic heterocycles. The molecule has 2 rings (SSSR count). The van der Waals surface area contributed by atoms with Crippen molar-refractivity contribution in [1.29, 1.82) is 0 Å². The minimum atomic E-state index is -0.128. The summed E-state index contributed by atoms with van der Waals surface area (Å²) in [7, 11) is 0. The van der Waals surface area contributed by atoms with Gasteiger partial charge in [-0.3, -0.25) is 0 Å². The van der Waals surface area contributed by atoms with Crippen molar-refractivity contribution >= 4 is 23.3 Å². The molecule has 0 aromatic heterocycles. The second-order valence-corrected chi connectivity index (χ2v) is 5.61. The number of halogens is 1. The number of hydrogen-bond acceptors (Lipinski definition) is 1. The van der Waals surface area contributed by atoms with Crippen LogP contribution in [0.15, 0.2) is 18.2 Å². The van der Waals surface area contributed by atoms with Crippen molar-refractivity contribution in [2.45, 2.75) is 51.5 Å². The monoisotopic (exact) mass is 280 g/mol. The fraction of sp³-hybridized carbons (Fsp3) is 0.533. The second-order valence-electron chi connectivity index (χ2n) is 5.20. The first-order valence-corrected chi connectivity index (χ1v) is 7.37. The summed E-state index contributed by atoms with van der Waals surface area (Å²) in [4.78, 5) is 12.0. The molecule has 1 aliphatic carbocycles. The minimum Gasteiger partial charge on any atom is -0.335 e. The topological polar surface area (TPSA) is 41.1 Å². The minimum absolute atomic E-state index is 0.128. The molecule has 19 heavy (non-hydrogen) atoms.